The van der Waals surface area contributed by atoms with Crippen LogP contribution in [-0.4, -0.2) is 31.1 Å². The Labute approximate surface area is 134 Å². The highest BCUT2D eigenvalue weighted by molar-refractivity contribution is 5.20. The lowest BCUT2D eigenvalue weighted by molar-refractivity contribution is 0.208. The molecular weight excluding hydrogens is 268 g/mol. The molecule has 3 rings (SSSR count). The molecule has 1 fully saturated rings. The van der Waals surface area contributed by atoms with Crippen LogP contribution in [0.1, 0.15) is 30.0 Å². The molecule has 0 bridgehead atoms. The van der Waals surface area contributed by atoms with Crippen molar-refractivity contribution in [3.05, 3.63) is 71.8 Å². The summed E-state index contributed by atoms with van der Waals surface area (Å²) in [7, 11) is 0. The summed E-state index contributed by atoms with van der Waals surface area (Å²) in [6.45, 7) is 4.57. The molecule has 2 nitrogen and oxygen atoms in total. The lowest BCUT2D eigenvalue weighted by atomic mass is 10.0. The Morgan fingerprint density at radius 2 is 1.68 bits per heavy atom. The second kappa shape index (κ2) is 8.11. The summed E-state index contributed by atoms with van der Waals surface area (Å²) in [4.78, 5) is 2.66. The summed E-state index contributed by atoms with van der Waals surface area (Å²) in [5.41, 5.74) is 2.89. The molecule has 0 spiro atoms. The molecule has 1 unspecified atom stereocenters. The average Bonchev–Trinajstić information content (AvgIpc) is 2.82. The lowest BCUT2D eigenvalue weighted by Crippen LogP contribution is -2.33. The first kappa shape index (κ1) is 15.3. The molecule has 0 amide bonds. The van der Waals surface area contributed by atoms with Crippen LogP contribution in [0.2, 0.25) is 0 Å². The minimum Gasteiger partial charge on any atom is -0.315 e. The van der Waals surface area contributed by atoms with Gasteiger partial charge in [0.25, 0.3) is 0 Å². The predicted molar refractivity (Wildman–Crippen MR) is 93.0 cm³/mol. The largest absolute Gasteiger partial charge is 0.315 e. The van der Waals surface area contributed by atoms with Gasteiger partial charge in [-0.05, 0) is 43.5 Å². The molecule has 1 atom stereocenters. The summed E-state index contributed by atoms with van der Waals surface area (Å²) in [5.74, 6) is 0. The zero-order chi connectivity index (χ0) is 15.0. The van der Waals surface area contributed by atoms with Crippen LogP contribution in [0.25, 0.3) is 0 Å². The van der Waals surface area contributed by atoms with Crippen molar-refractivity contribution in [3.8, 4) is 0 Å². The van der Waals surface area contributed by atoms with Crippen molar-refractivity contribution < 1.29 is 0 Å². The van der Waals surface area contributed by atoms with E-state index in [-0.39, 0.29) is 0 Å². The molecule has 0 aromatic heterocycles. The molecule has 1 saturated heterocycles. The summed E-state index contributed by atoms with van der Waals surface area (Å²) >= 11 is 0. The summed E-state index contributed by atoms with van der Waals surface area (Å²) < 4.78 is 0. The van der Waals surface area contributed by atoms with E-state index in [0.29, 0.717) is 6.04 Å². The van der Waals surface area contributed by atoms with Crippen molar-refractivity contribution in [1.29, 1.82) is 0 Å². The quantitative estimate of drug-likeness (QED) is 0.905. The maximum atomic E-state index is 3.59. The Hall–Kier alpha value is -1.64. The number of benzene rings is 2. The zero-order valence-electron chi connectivity index (χ0n) is 13.2. The fraction of sp³-hybridized carbons (Fsp3) is 0.400. The SMILES string of the molecule is c1ccc(CCCN2CCCNCC2c2ccccc2)cc1. The van der Waals surface area contributed by atoms with Crippen LogP contribution in [-0.2, 0) is 6.42 Å². The van der Waals surface area contributed by atoms with Crippen molar-refractivity contribution in [1.82, 2.24) is 10.2 Å². The molecule has 0 saturated carbocycles. The summed E-state index contributed by atoms with van der Waals surface area (Å²) in [6, 6.07) is 22.3. The Morgan fingerprint density at radius 1 is 0.955 bits per heavy atom. The van der Waals surface area contributed by atoms with Gasteiger partial charge in [-0.25, -0.2) is 0 Å². The van der Waals surface area contributed by atoms with Crippen LogP contribution in [0.5, 0.6) is 0 Å². The van der Waals surface area contributed by atoms with Gasteiger partial charge in [-0.1, -0.05) is 60.7 Å². The summed E-state index contributed by atoms with van der Waals surface area (Å²) in [5, 5.41) is 3.59. The smallest absolute Gasteiger partial charge is 0.0472 e. The fourth-order valence-electron chi connectivity index (χ4n) is 3.33. The van der Waals surface area contributed by atoms with E-state index in [1.807, 2.05) is 0 Å². The van der Waals surface area contributed by atoms with E-state index in [1.165, 1.54) is 43.5 Å². The van der Waals surface area contributed by atoms with E-state index in [2.05, 4.69) is 70.9 Å². The minimum atomic E-state index is 0.513. The molecule has 0 aliphatic carbocycles. The first-order valence-corrected chi connectivity index (χ1v) is 8.47. The van der Waals surface area contributed by atoms with Crippen molar-refractivity contribution in [2.75, 3.05) is 26.2 Å². The van der Waals surface area contributed by atoms with E-state index in [1.54, 1.807) is 0 Å². The number of nitrogens with zero attached hydrogens (tertiary/aromatic N) is 1. The van der Waals surface area contributed by atoms with Crippen LogP contribution >= 0.6 is 0 Å². The van der Waals surface area contributed by atoms with E-state index >= 15 is 0 Å². The van der Waals surface area contributed by atoms with Gasteiger partial charge >= 0.3 is 0 Å². The van der Waals surface area contributed by atoms with Crippen LogP contribution in [0.15, 0.2) is 60.7 Å². The number of rotatable bonds is 5. The predicted octanol–water partition coefficient (Wildman–Crippen LogP) is 3.66. The van der Waals surface area contributed by atoms with E-state index in [0.717, 1.165) is 13.1 Å². The molecule has 1 aliphatic heterocycles. The van der Waals surface area contributed by atoms with Crippen LogP contribution in [0, 0.1) is 0 Å². The second-order valence-electron chi connectivity index (χ2n) is 6.11. The fourth-order valence-corrected chi connectivity index (χ4v) is 3.33. The molecule has 2 aromatic rings. The molecule has 116 valence electrons. The highest BCUT2D eigenvalue weighted by atomic mass is 15.2. The second-order valence-corrected chi connectivity index (χ2v) is 6.11. The topological polar surface area (TPSA) is 15.3 Å². The first-order valence-electron chi connectivity index (χ1n) is 8.47. The maximum Gasteiger partial charge on any atom is 0.0472 e. The maximum absolute atomic E-state index is 3.59. The minimum absolute atomic E-state index is 0.513. The third kappa shape index (κ3) is 4.19. The molecule has 1 N–H and O–H groups in total. The molecule has 2 aromatic carbocycles. The van der Waals surface area contributed by atoms with Gasteiger partial charge in [0.15, 0.2) is 0 Å². The van der Waals surface area contributed by atoms with Gasteiger partial charge in [-0.3, -0.25) is 4.90 Å². The molecule has 2 heteroatoms. The number of aryl methyl sites for hydroxylation is 1. The third-order valence-corrected chi connectivity index (χ3v) is 4.52. The highest BCUT2D eigenvalue weighted by Gasteiger charge is 2.21. The van der Waals surface area contributed by atoms with Crippen molar-refractivity contribution >= 4 is 0 Å². The molecule has 0 radical (unpaired) electrons. The van der Waals surface area contributed by atoms with Crippen molar-refractivity contribution in [2.45, 2.75) is 25.3 Å². The van der Waals surface area contributed by atoms with Crippen LogP contribution in [0.3, 0.4) is 0 Å². The van der Waals surface area contributed by atoms with Crippen molar-refractivity contribution in [2.24, 2.45) is 0 Å². The summed E-state index contributed by atoms with van der Waals surface area (Å²) in [6.07, 6.45) is 3.65. The Balaban J connectivity index is 1.61. The molecule has 1 heterocycles. The third-order valence-electron chi connectivity index (χ3n) is 4.52. The van der Waals surface area contributed by atoms with E-state index in [4.69, 9.17) is 0 Å². The van der Waals surface area contributed by atoms with Crippen LogP contribution < -0.4 is 5.32 Å². The molecule has 1 aliphatic rings. The van der Waals surface area contributed by atoms with Gasteiger partial charge in [0, 0.05) is 19.1 Å². The monoisotopic (exact) mass is 294 g/mol. The Kier molecular flexibility index (Phi) is 5.63. The lowest BCUT2D eigenvalue weighted by Gasteiger charge is -2.30. The highest BCUT2D eigenvalue weighted by Crippen LogP contribution is 2.22. The van der Waals surface area contributed by atoms with Gasteiger partial charge < -0.3 is 5.32 Å². The molecule has 22 heavy (non-hydrogen) atoms. The first-order chi connectivity index (χ1) is 10.9. The normalized spacial score (nSPS) is 19.7. The standard InChI is InChI=1S/C20H26N2/c1-3-9-18(10-4-1)11-7-15-22-16-8-14-21-17-20(22)19-12-5-2-6-13-19/h1-6,9-10,12-13,20-21H,7-8,11,14-17H2. The Morgan fingerprint density at radius 3 is 2.45 bits per heavy atom. The van der Waals surface area contributed by atoms with Crippen molar-refractivity contribution in [3.63, 3.8) is 0 Å². The van der Waals surface area contributed by atoms with Gasteiger partial charge in [-0.15, -0.1) is 0 Å². The number of nitrogens with one attached hydrogen (secondary N) is 1. The van der Waals surface area contributed by atoms with Gasteiger partial charge in [0.05, 0.1) is 0 Å². The molecular formula is C20H26N2. The number of hydrogen-bond donors (Lipinski definition) is 1. The Bertz CT molecular complexity index is 538. The zero-order valence-corrected chi connectivity index (χ0v) is 13.2. The van der Waals surface area contributed by atoms with E-state index in [9.17, 15) is 0 Å². The van der Waals surface area contributed by atoms with Gasteiger partial charge in [0.2, 0.25) is 0 Å². The van der Waals surface area contributed by atoms with E-state index < -0.39 is 0 Å². The van der Waals surface area contributed by atoms with Crippen LogP contribution in [0.4, 0.5) is 0 Å². The van der Waals surface area contributed by atoms with Gasteiger partial charge in [-0.2, -0.15) is 0 Å². The average molecular weight is 294 g/mol. The van der Waals surface area contributed by atoms with Gasteiger partial charge in [0.1, 0.15) is 0 Å². The number of hydrogen-bond acceptors (Lipinski definition) is 2.